The smallest absolute Gasteiger partial charge is 0.228 e. The van der Waals surface area contributed by atoms with Gasteiger partial charge in [-0.3, -0.25) is 4.79 Å². The van der Waals surface area contributed by atoms with Crippen LogP contribution in [0.4, 0.5) is 0 Å². The van der Waals surface area contributed by atoms with Gasteiger partial charge in [0.15, 0.2) is 5.82 Å². The van der Waals surface area contributed by atoms with Crippen LogP contribution in [0.15, 0.2) is 48.5 Å². The van der Waals surface area contributed by atoms with E-state index in [0.717, 1.165) is 11.0 Å². The highest BCUT2D eigenvalue weighted by atomic mass is 16.1. The van der Waals surface area contributed by atoms with E-state index in [1.165, 1.54) is 5.56 Å². The van der Waals surface area contributed by atoms with Crippen LogP contribution < -0.4 is 0 Å². The molecule has 0 aliphatic rings. The summed E-state index contributed by atoms with van der Waals surface area (Å²) in [6, 6.07) is 15.4. The first-order chi connectivity index (χ1) is 9.95. The molecule has 0 amide bonds. The first kappa shape index (κ1) is 13.6. The quantitative estimate of drug-likeness (QED) is 0.717. The average molecular weight is 278 g/mol. The van der Waals surface area contributed by atoms with Gasteiger partial charge in [-0.05, 0) is 23.1 Å². The van der Waals surface area contributed by atoms with Crippen LogP contribution in [-0.4, -0.2) is 15.8 Å². The number of carbonyl (C=O) groups is 1. The van der Waals surface area contributed by atoms with Gasteiger partial charge in [0.1, 0.15) is 0 Å². The Morgan fingerprint density at radius 2 is 1.67 bits per heavy atom. The molecule has 0 saturated carbocycles. The van der Waals surface area contributed by atoms with E-state index >= 15 is 0 Å². The fourth-order valence-electron chi connectivity index (χ4n) is 2.32. The van der Waals surface area contributed by atoms with Crippen molar-refractivity contribution >= 4 is 16.8 Å². The van der Waals surface area contributed by atoms with Crippen molar-refractivity contribution in [2.45, 2.75) is 26.2 Å². The summed E-state index contributed by atoms with van der Waals surface area (Å²) >= 11 is 0. The Labute approximate surface area is 124 Å². The van der Waals surface area contributed by atoms with Crippen LogP contribution in [0.1, 0.15) is 42.5 Å². The van der Waals surface area contributed by atoms with E-state index in [4.69, 9.17) is 0 Å². The Morgan fingerprint density at radius 3 is 2.29 bits per heavy atom. The molecule has 3 rings (SSSR count). The van der Waals surface area contributed by atoms with Crippen molar-refractivity contribution < 1.29 is 4.79 Å². The molecule has 0 fully saturated rings. The van der Waals surface area contributed by atoms with Crippen molar-refractivity contribution in [1.82, 2.24) is 9.97 Å². The molecule has 1 heterocycles. The molecule has 21 heavy (non-hydrogen) atoms. The largest absolute Gasteiger partial charge is 0.335 e. The van der Waals surface area contributed by atoms with Crippen molar-refractivity contribution in [2.75, 3.05) is 0 Å². The minimum Gasteiger partial charge on any atom is -0.335 e. The molecule has 0 radical (unpaired) electrons. The summed E-state index contributed by atoms with van der Waals surface area (Å²) in [4.78, 5) is 19.9. The first-order valence-electron chi connectivity index (χ1n) is 7.05. The second-order valence-electron chi connectivity index (χ2n) is 6.26. The summed E-state index contributed by atoms with van der Waals surface area (Å²) < 4.78 is 0. The molecule has 2 aromatic carbocycles. The minimum absolute atomic E-state index is 0.0772. The number of imidazole rings is 1. The second kappa shape index (κ2) is 4.85. The van der Waals surface area contributed by atoms with Crippen molar-refractivity contribution in [3.8, 4) is 0 Å². The Bertz CT molecular complexity index is 759. The second-order valence-corrected chi connectivity index (χ2v) is 6.26. The third-order valence-corrected chi connectivity index (χ3v) is 3.62. The molecular formula is C18H18N2O. The highest BCUT2D eigenvalue weighted by Gasteiger charge is 2.16. The fourth-order valence-corrected chi connectivity index (χ4v) is 2.32. The van der Waals surface area contributed by atoms with Crippen LogP contribution in [0.3, 0.4) is 0 Å². The number of aromatic amines is 1. The van der Waals surface area contributed by atoms with E-state index in [0.29, 0.717) is 11.4 Å². The van der Waals surface area contributed by atoms with E-state index in [9.17, 15) is 4.79 Å². The van der Waals surface area contributed by atoms with Gasteiger partial charge >= 0.3 is 0 Å². The normalized spacial score (nSPS) is 11.8. The number of hydrogen-bond acceptors (Lipinski definition) is 2. The maximum Gasteiger partial charge on any atom is 0.228 e. The third-order valence-electron chi connectivity index (χ3n) is 3.62. The lowest BCUT2D eigenvalue weighted by molar-refractivity contribution is 0.103. The van der Waals surface area contributed by atoms with Gasteiger partial charge < -0.3 is 4.98 Å². The van der Waals surface area contributed by atoms with Crippen LogP contribution in [0, 0.1) is 0 Å². The summed E-state index contributed by atoms with van der Waals surface area (Å²) in [5.41, 5.74) is 3.64. The van der Waals surface area contributed by atoms with Crippen LogP contribution in [0.25, 0.3) is 11.0 Å². The highest BCUT2D eigenvalue weighted by molar-refractivity contribution is 6.07. The maximum atomic E-state index is 12.5. The van der Waals surface area contributed by atoms with E-state index in [-0.39, 0.29) is 11.2 Å². The molecule has 3 heteroatoms. The van der Waals surface area contributed by atoms with Crippen LogP contribution >= 0.6 is 0 Å². The number of ketones is 1. The maximum absolute atomic E-state index is 12.5. The lowest BCUT2D eigenvalue weighted by Gasteiger charge is -2.18. The van der Waals surface area contributed by atoms with Gasteiger partial charge in [0.25, 0.3) is 0 Å². The number of carbonyl (C=O) groups excluding carboxylic acids is 1. The van der Waals surface area contributed by atoms with Gasteiger partial charge in [0, 0.05) is 5.56 Å². The van der Waals surface area contributed by atoms with Crippen molar-refractivity contribution in [2.24, 2.45) is 0 Å². The van der Waals surface area contributed by atoms with Gasteiger partial charge in [-0.25, -0.2) is 4.98 Å². The summed E-state index contributed by atoms with van der Waals surface area (Å²) in [6.45, 7) is 6.47. The van der Waals surface area contributed by atoms with Gasteiger partial charge in [0.05, 0.1) is 11.0 Å². The monoisotopic (exact) mass is 278 g/mol. The molecule has 1 N–H and O–H groups in total. The summed E-state index contributed by atoms with van der Waals surface area (Å²) in [5.74, 6) is 0.311. The van der Waals surface area contributed by atoms with E-state index in [2.05, 4.69) is 30.7 Å². The third kappa shape index (κ3) is 2.59. The van der Waals surface area contributed by atoms with Crippen molar-refractivity contribution in [1.29, 1.82) is 0 Å². The SMILES string of the molecule is CC(C)(C)c1ccc(C(=O)c2nc3ccccc3[nH]2)cc1. The van der Waals surface area contributed by atoms with Crippen molar-refractivity contribution in [3.63, 3.8) is 0 Å². The Kier molecular flexibility index (Phi) is 3.13. The molecule has 3 nitrogen and oxygen atoms in total. The number of H-pyrrole nitrogens is 1. The molecular weight excluding hydrogens is 260 g/mol. The molecule has 0 atom stereocenters. The van der Waals surface area contributed by atoms with E-state index in [1.807, 2.05) is 48.5 Å². The van der Waals surface area contributed by atoms with Gasteiger partial charge in [0.2, 0.25) is 5.78 Å². The standard InChI is InChI=1S/C18H18N2O/c1-18(2,3)13-10-8-12(9-11-13)16(21)17-19-14-6-4-5-7-15(14)20-17/h4-11H,1-3H3,(H,19,20). The van der Waals surface area contributed by atoms with Gasteiger partial charge in [-0.15, -0.1) is 0 Å². The minimum atomic E-state index is -0.0772. The molecule has 3 aromatic rings. The number of hydrogen-bond donors (Lipinski definition) is 1. The zero-order chi connectivity index (χ0) is 15.0. The molecule has 0 saturated heterocycles. The molecule has 1 aromatic heterocycles. The Hall–Kier alpha value is -2.42. The number of nitrogens with zero attached hydrogens (tertiary/aromatic N) is 1. The van der Waals surface area contributed by atoms with Gasteiger partial charge in [-0.1, -0.05) is 57.2 Å². The Balaban J connectivity index is 1.94. The summed E-state index contributed by atoms with van der Waals surface area (Å²) in [6.07, 6.45) is 0. The van der Waals surface area contributed by atoms with Gasteiger partial charge in [-0.2, -0.15) is 0 Å². The summed E-state index contributed by atoms with van der Waals surface area (Å²) in [7, 11) is 0. The molecule has 0 spiro atoms. The van der Waals surface area contributed by atoms with Crippen LogP contribution in [0.5, 0.6) is 0 Å². The van der Waals surface area contributed by atoms with Crippen LogP contribution in [-0.2, 0) is 5.41 Å². The highest BCUT2D eigenvalue weighted by Crippen LogP contribution is 2.23. The predicted octanol–water partition coefficient (Wildman–Crippen LogP) is 4.09. The molecule has 0 aliphatic carbocycles. The number of benzene rings is 2. The van der Waals surface area contributed by atoms with Crippen molar-refractivity contribution in [3.05, 3.63) is 65.5 Å². The molecule has 106 valence electrons. The zero-order valence-electron chi connectivity index (χ0n) is 12.5. The average Bonchev–Trinajstić information content (AvgIpc) is 2.89. The summed E-state index contributed by atoms with van der Waals surface area (Å²) in [5, 5.41) is 0. The predicted molar refractivity (Wildman–Crippen MR) is 84.7 cm³/mol. The molecule has 0 bridgehead atoms. The van der Waals surface area contributed by atoms with E-state index < -0.39 is 0 Å². The molecule has 0 aliphatic heterocycles. The first-order valence-corrected chi connectivity index (χ1v) is 7.05. The lowest BCUT2D eigenvalue weighted by atomic mass is 9.86. The fraction of sp³-hybridized carbons (Fsp3) is 0.222. The number of nitrogens with one attached hydrogen (secondary N) is 1. The van der Waals surface area contributed by atoms with Crippen LogP contribution in [0.2, 0.25) is 0 Å². The zero-order valence-corrected chi connectivity index (χ0v) is 12.5. The number of rotatable bonds is 2. The number of aromatic nitrogens is 2. The number of para-hydroxylation sites is 2. The topological polar surface area (TPSA) is 45.8 Å². The number of fused-ring (bicyclic) bond motifs is 1. The Morgan fingerprint density at radius 1 is 1.00 bits per heavy atom. The lowest BCUT2D eigenvalue weighted by Crippen LogP contribution is -2.11. The van der Waals surface area contributed by atoms with E-state index in [1.54, 1.807) is 0 Å². The molecule has 0 unspecified atom stereocenters.